The normalized spacial score (nSPS) is 18.3. The molecule has 3 nitrogen and oxygen atoms in total. The Labute approximate surface area is 91.7 Å². The average Bonchev–Trinajstić information content (AvgIpc) is 2.25. The highest BCUT2D eigenvalue weighted by Crippen LogP contribution is 2.27. The Morgan fingerprint density at radius 3 is 2.67 bits per heavy atom. The van der Waals surface area contributed by atoms with E-state index in [1.807, 2.05) is 0 Å². The van der Waals surface area contributed by atoms with Crippen LogP contribution in [0.3, 0.4) is 0 Å². The fraction of sp³-hybridized carbons (Fsp3) is 0.375. The van der Waals surface area contributed by atoms with Gasteiger partial charge in [-0.2, -0.15) is 13.2 Å². The summed E-state index contributed by atoms with van der Waals surface area (Å²) in [7, 11) is -2.31. The van der Waals surface area contributed by atoms with E-state index in [2.05, 4.69) is 4.98 Å². The van der Waals surface area contributed by atoms with Gasteiger partial charge in [0.15, 0.2) is 0 Å². The fourth-order valence-corrected chi connectivity index (χ4v) is 0.910. The Kier molecular flexibility index (Phi) is 1.82. The first-order valence-corrected chi connectivity index (χ1v) is 3.72. The van der Waals surface area contributed by atoms with Gasteiger partial charge in [-0.25, -0.2) is 4.98 Å². The molecule has 1 aromatic rings. The van der Waals surface area contributed by atoms with Crippen molar-refractivity contribution in [1.82, 2.24) is 4.98 Å². The Hall–Kier alpha value is -1.08. The van der Waals surface area contributed by atoms with Crippen LogP contribution in [0.5, 0.6) is 0 Å². The van der Waals surface area contributed by atoms with Crippen molar-refractivity contribution in [2.75, 3.05) is 0 Å². The minimum absolute atomic E-state index is 0.309. The Morgan fingerprint density at radius 2 is 2.20 bits per heavy atom. The molecule has 0 aliphatic heterocycles. The molecule has 7 heteroatoms. The van der Waals surface area contributed by atoms with Gasteiger partial charge >= 0.3 is 13.3 Å². The van der Waals surface area contributed by atoms with Gasteiger partial charge in [0.2, 0.25) is 0 Å². The van der Waals surface area contributed by atoms with E-state index >= 15 is 0 Å². The van der Waals surface area contributed by atoms with Gasteiger partial charge in [-0.1, -0.05) is 6.85 Å². The number of nitrogens with zero attached hydrogens (tertiary/aromatic N) is 1. The maximum atomic E-state index is 12.6. The van der Waals surface area contributed by atoms with Crippen molar-refractivity contribution in [1.29, 1.82) is 0 Å². The van der Waals surface area contributed by atoms with Crippen LogP contribution >= 0.6 is 0 Å². The predicted octanol–water partition coefficient (Wildman–Crippen LogP) is 0.343. The van der Waals surface area contributed by atoms with E-state index in [0.29, 0.717) is 12.1 Å². The predicted molar refractivity (Wildman–Crippen MR) is 48.4 cm³/mol. The minimum atomic E-state index is -4.98. The second-order valence-corrected chi connectivity index (χ2v) is 2.67. The van der Waals surface area contributed by atoms with Gasteiger partial charge in [-0.15, -0.1) is 0 Å². The number of rotatable bonds is 2. The molecule has 0 unspecified atom stereocenters. The van der Waals surface area contributed by atoms with Crippen molar-refractivity contribution >= 4 is 12.6 Å². The highest BCUT2D eigenvalue weighted by atomic mass is 19.4. The number of hydrogen-bond donors (Lipinski definition) is 2. The summed E-state index contributed by atoms with van der Waals surface area (Å²) in [5.41, 5.74) is -3.35. The second kappa shape index (κ2) is 4.20. The van der Waals surface area contributed by atoms with Crippen molar-refractivity contribution in [3.63, 3.8) is 0 Å². The van der Waals surface area contributed by atoms with Crippen LogP contribution in [0.25, 0.3) is 0 Å². The number of alkyl halides is 3. The van der Waals surface area contributed by atoms with E-state index in [9.17, 15) is 13.2 Å². The summed E-state index contributed by atoms with van der Waals surface area (Å²) in [4.78, 5) is 2.94. The Balaban J connectivity index is 3.52. The number of halogens is 3. The molecule has 0 saturated carbocycles. The summed E-state index contributed by atoms with van der Waals surface area (Å²) in [6.45, 7) is -3.26. The molecule has 0 fully saturated rings. The molecule has 0 atom stereocenters. The van der Waals surface area contributed by atoms with Crippen molar-refractivity contribution in [3.8, 4) is 0 Å². The first-order valence-electron chi connectivity index (χ1n) is 6.22. The summed E-state index contributed by atoms with van der Waals surface area (Å²) in [6.07, 6.45) is -8.15. The molecule has 2 N–H and O–H groups in total. The lowest BCUT2D eigenvalue weighted by atomic mass is 9.80. The van der Waals surface area contributed by atoms with Crippen LogP contribution in [-0.4, -0.2) is 22.2 Å². The molecule has 15 heavy (non-hydrogen) atoms. The van der Waals surface area contributed by atoms with Gasteiger partial charge in [0.25, 0.3) is 0 Å². The zero-order valence-electron chi connectivity index (χ0n) is 12.2. The summed E-state index contributed by atoms with van der Waals surface area (Å²) in [6, 6.07) is 0.885. The van der Waals surface area contributed by atoms with Crippen LogP contribution < -0.4 is 5.46 Å². The van der Waals surface area contributed by atoms with E-state index < -0.39 is 43.4 Å². The van der Waals surface area contributed by atoms with Gasteiger partial charge < -0.3 is 10.0 Å². The third-order valence-electron chi connectivity index (χ3n) is 1.56. The number of aryl methyl sites for hydroxylation is 1. The van der Waals surface area contributed by atoms with Crippen LogP contribution in [0.2, 0.25) is 0 Å². The largest absolute Gasteiger partial charge is 0.488 e. The lowest BCUT2D eigenvalue weighted by Gasteiger charge is -2.09. The molecule has 1 rings (SSSR count). The van der Waals surface area contributed by atoms with Crippen molar-refractivity contribution in [2.24, 2.45) is 0 Å². The lowest BCUT2D eigenvalue weighted by Crippen LogP contribution is -2.32. The lowest BCUT2D eigenvalue weighted by molar-refractivity contribution is -0.141. The molecule has 1 aromatic heterocycles. The van der Waals surface area contributed by atoms with Crippen LogP contribution in [0, 0.1) is 0 Å². The summed E-state index contributed by atoms with van der Waals surface area (Å²) in [5.74, 6) is 0. The SMILES string of the molecule is [2H]C([2H])([2H])C([2H])([2H])c1cc(B(O)O)cc(C(F)(F)F)n1. The van der Waals surface area contributed by atoms with Crippen molar-refractivity contribution in [3.05, 3.63) is 23.5 Å². The van der Waals surface area contributed by atoms with E-state index in [4.69, 9.17) is 16.9 Å². The topological polar surface area (TPSA) is 53.4 Å². The maximum absolute atomic E-state index is 12.6. The number of aromatic nitrogens is 1. The van der Waals surface area contributed by atoms with E-state index in [0.717, 1.165) is 0 Å². The van der Waals surface area contributed by atoms with Crippen molar-refractivity contribution < 1.29 is 30.1 Å². The smallest absolute Gasteiger partial charge is 0.423 e. The minimum Gasteiger partial charge on any atom is -0.423 e. The zero-order chi connectivity index (χ0) is 15.9. The van der Waals surface area contributed by atoms with Crippen LogP contribution in [-0.2, 0) is 12.5 Å². The third-order valence-corrected chi connectivity index (χ3v) is 1.56. The second-order valence-electron chi connectivity index (χ2n) is 2.67. The van der Waals surface area contributed by atoms with E-state index in [-0.39, 0.29) is 0 Å². The molecule has 1 heterocycles. The first-order chi connectivity index (χ1) is 8.76. The molecule has 82 valence electrons. The molecular weight excluding hydrogens is 210 g/mol. The monoisotopic (exact) mass is 224 g/mol. The van der Waals surface area contributed by atoms with Gasteiger partial charge in [0.1, 0.15) is 5.69 Å². The van der Waals surface area contributed by atoms with Gasteiger partial charge in [-0.3, -0.25) is 0 Å². The number of pyridine rings is 1. The molecular formula is C8H9BF3NO2. The molecule has 0 aliphatic rings. The van der Waals surface area contributed by atoms with Gasteiger partial charge in [-0.05, 0) is 24.0 Å². The molecule has 0 radical (unpaired) electrons. The molecule has 0 bridgehead atoms. The standard InChI is InChI=1S/C8H9BF3NO2/c1-2-6-3-5(9(14)15)4-7(13-6)8(10,11)12/h3-4,14-15H,2H2,1H3/i1D3,2D2. The summed E-state index contributed by atoms with van der Waals surface area (Å²) >= 11 is 0. The van der Waals surface area contributed by atoms with E-state index in [1.54, 1.807) is 0 Å². The van der Waals surface area contributed by atoms with Crippen molar-refractivity contribution in [2.45, 2.75) is 19.4 Å². The first kappa shape index (κ1) is 6.50. The molecule has 0 aliphatic carbocycles. The third kappa shape index (κ3) is 2.94. The van der Waals surface area contributed by atoms with Crippen LogP contribution in [0.15, 0.2) is 12.1 Å². The Morgan fingerprint density at radius 1 is 1.53 bits per heavy atom. The number of hydrogen-bond acceptors (Lipinski definition) is 3. The molecule has 0 aromatic carbocycles. The summed E-state index contributed by atoms with van der Waals surface area (Å²) in [5, 5.41) is 17.8. The van der Waals surface area contributed by atoms with Crippen LogP contribution in [0.1, 0.15) is 25.1 Å². The molecule has 0 saturated heterocycles. The Bertz CT molecular complexity index is 506. The molecule has 0 spiro atoms. The maximum Gasteiger partial charge on any atom is 0.488 e. The highest BCUT2D eigenvalue weighted by molar-refractivity contribution is 6.58. The van der Waals surface area contributed by atoms with Crippen LogP contribution in [0.4, 0.5) is 13.2 Å². The summed E-state index contributed by atoms with van der Waals surface area (Å²) < 4.78 is 73.5. The zero-order valence-corrected chi connectivity index (χ0v) is 7.21. The quantitative estimate of drug-likeness (QED) is 0.712. The fourth-order valence-electron chi connectivity index (χ4n) is 0.910. The highest BCUT2D eigenvalue weighted by Gasteiger charge is 2.33. The molecule has 0 amide bonds. The van der Waals surface area contributed by atoms with Gasteiger partial charge in [0, 0.05) is 12.5 Å². The van der Waals surface area contributed by atoms with E-state index in [1.165, 1.54) is 0 Å². The van der Waals surface area contributed by atoms with Gasteiger partial charge in [0.05, 0.1) is 0 Å². The average molecular weight is 224 g/mol.